The standard InChI is InChI=1S/C37H42O4/c1-6-8-26(5)28-9-10-30-23-33(12-11-29(30)22-28)35-15-13-31(21-27(35)7-2)32-14-16-36(40-20-18-38)34(24-32)17-19-41-37(39)25(3)4/h9-16,21-24,26,38H,3,6-8,17-20H2,1-2,4-5H3. The van der Waals surface area contributed by atoms with Crippen LogP contribution in [0.2, 0.25) is 0 Å². The number of benzene rings is 4. The number of carbonyl (C=O) groups is 1. The normalized spacial score (nSPS) is 11.8. The van der Waals surface area contributed by atoms with Crippen molar-refractivity contribution in [1.29, 1.82) is 0 Å². The van der Waals surface area contributed by atoms with E-state index in [0.29, 0.717) is 23.7 Å². The lowest BCUT2D eigenvalue weighted by atomic mass is 9.90. The highest BCUT2D eigenvalue weighted by atomic mass is 16.5. The molecule has 4 rings (SSSR count). The minimum atomic E-state index is -0.401. The lowest BCUT2D eigenvalue weighted by molar-refractivity contribution is -0.138. The number of ether oxygens (including phenoxy) is 2. The number of aliphatic hydroxyl groups excluding tert-OH is 1. The molecule has 0 saturated heterocycles. The van der Waals surface area contributed by atoms with Crippen LogP contribution in [0.5, 0.6) is 5.75 Å². The molecule has 0 heterocycles. The number of carbonyl (C=O) groups excluding carboxylic acids is 1. The maximum atomic E-state index is 11.8. The van der Waals surface area contributed by atoms with Gasteiger partial charge in [0.1, 0.15) is 12.4 Å². The van der Waals surface area contributed by atoms with Crippen LogP contribution >= 0.6 is 0 Å². The van der Waals surface area contributed by atoms with E-state index in [9.17, 15) is 9.90 Å². The first-order valence-corrected chi connectivity index (χ1v) is 14.7. The van der Waals surface area contributed by atoms with Gasteiger partial charge in [0.25, 0.3) is 0 Å². The average molecular weight is 551 g/mol. The molecule has 0 radical (unpaired) electrons. The molecule has 4 nitrogen and oxygen atoms in total. The topological polar surface area (TPSA) is 55.8 Å². The molecule has 0 aliphatic rings. The van der Waals surface area contributed by atoms with Crippen molar-refractivity contribution in [1.82, 2.24) is 0 Å². The van der Waals surface area contributed by atoms with Gasteiger partial charge in [-0.1, -0.05) is 88.4 Å². The molecule has 1 atom stereocenters. The number of fused-ring (bicyclic) bond motifs is 1. The van der Waals surface area contributed by atoms with Crippen LogP contribution in [0.25, 0.3) is 33.0 Å². The summed E-state index contributed by atoms with van der Waals surface area (Å²) >= 11 is 0. The van der Waals surface area contributed by atoms with Gasteiger partial charge in [0.15, 0.2) is 0 Å². The van der Waals surface area contributed by atoms with Crippen molar-refractivity contribution < 1.29 is 19.4 Å². The fourth-order valence-electron chi connectivity index (χ4n) is 5.31. The summed E-state index contributed by atoms with van der Waals surface area (Å²) in [5.41, 5.74) is 8.65. The van der Waals surface area contributed by atoms with E-state index in [1.54, 1.807) is 6.92 Å². The molecule has 0 spiro atoms. The van der Waals surface area contributed by atoms with Gasteiger partial charge in [-0.25, -0.2) is 4.79 Å². The third-order valence-corrected chi connectivity index (χ3v) is 7.65. The number of esters is 1. The van der Waals surface area contributed by atoms with Crippen molar-refractivity contribution in [2.24, 2.45) is 0 Å². The summed E-state index contributed by atoms with van der Waals surface area (Å²) in [7, 11) is 0. The average Bonchev–Trinajstić information content (AvgIpc) is 2.99. The third-order valence-electron chi connectivity index (χ3n) is 7.65. The number of hydrogen-bond acceptors (Lipinski definition) is 4. The summed E-state index contributed by atoms with van der Waals surface area (Å²) in [6.07, 6.45) is 3.82. The van der Waals surface area contributed by atoms with Gasteiger partial charge in [0.05, 0.1) is 13.2 Å². The highest BCUT2D eigenvalue weighted by Crippen LogP contribution is 2.34. The zero-order valence-corrected chi connectivity index (χ0v) is 24.8. The van der Waals surface area contributed by atoms with Crippen molar-refractivity contribution in [2.75, 3.05) is 19.8 Å². The zero-order chi connectivity index (χ0) is 29.4. The maximum Gasteiger partial charge on any atom is 0.333 e. The Kier molecular flexibility index (Phi) is 10.4. The molecule has 0 fully saturated rings. The molecule has 0 aromatic heterocycles. The van der Waals surface area contributed by atoms with Gasteiger partial charge in [0.2, 0.25) is 0 Å². The van der Waals surface area contributed by atoms with Crippen molar-refractivity contribution >= 4 is 16.7 Å². The van der Waals surface area contributed by atoms with E-state index >= 15 is 0 Å². The summed E-state index contributed by atoms with van der Waals surface area (Å²) in [5, 5.41) is 11.8. The summed E-state index contributed by atoms with van der Waals surface area (Å²) in [6, 6.07) is 26.4. The van der Waals surface area contributed by atoms with Crippen molar-refractivity contribution in [3.63, 3.8) is 0 Å². The molecular formula is C37H42O4. The summed E-state index contributed by atoms with van der Waals surface area (Å²) in [4.78, 5) is 11.8. The van der Waals surface area contributed by atoms with Gasteiger partial charge in [-0.3, -0.25) is 0 Å². The van der Waals surface area contributed by atoms with E-state index in [1.165, 1.54) is 45.9 Å². The highest BCUT2D eigenvalue weighted by Gasteiger charge is 2.13. The van der Waals surface area contributed by atoms with Crippen LogP contribution in [0.1, 0.15) is 63.1 Å². The number of hydrogen-bond donors (Lipinski definition) is 1. The first-order valence-electron chi connectivity index (χ1n) is 14.7. The third kappa shape index (κ3) is 7.45. The quantitative estimate of drug-likeness (QED) is 0.134. The van der Waals surface area contributed by atoms with Gasteiger partial charge < -0.3 is 14.6 Å². The predicted octanol–water partition coefficient (Wildman–Crippen LogP) is 8.67. The molecule has 1 unspecified atom stereocenters. The first-order chi connectivity index (χ1) is 19.8. The van der Waals surface area contributed by atoms with E-state index in [4.69, 9.17) is 9.47 Å². The van der Waals surface area contributed by atoms with Gasteiger partial charge in [-0.2, -0.15) is 0 Å². The van der Waals surface area contributed by atoms with Gasteiger partial charge in [-0.15, -0.1) is 0 Å². The van der Waals surface area contributed by atoms with E-state index < -0.39 is 5.97 Å². The van der Waals surface area contributed by atoms with Crippen LogP contribution in [0.15, 0.2) is 84.9 Å². The molecule has 4 aromatic rings. The van der Waals surface area contributed by atoms with E-state index in [1.807, 2.05) is 12.1 Å². The van der Waals surface area contributed by atoms with Gasteiger partial charge in [0, 0.05) is 12.0 Å². The Balaban J connectivity index is 1.62. The minimum Gasteiger partial charge on any atom is -0.491 e. The maximum absolute atomic E-state index is 11.8. The Morgan fingerprint density at radius 1 is 0.854 bits per heavy atom. The second-order valence-corrected chi connectivity index (χ2v) is 10.8. The minimum absolute atomic E-state index is 0.0684. The second-order valence-electron chi connectivity index (χ2n) is 10.8. The lowest BCUT2D eigenvalue weighted by Gasteiger charge is -2.16. The van der Waals surface area contributed by atoms with Gasteiger partial charge in [-0.05, 0) is 93.6 Å². The predicted molar refractivity (Wildman–Crippen MR) is 170 cm³/mol. The Morgan fingerprint density at radius 2 is 1.54 bits per heavy atom. The smallest absolute Gasteiger partial charge is 0.333 e. The molecule has 214 valence electrons. The number of aryl methyl sites for hydroxylation is 1. The summed E-state index contributed by atoms with van der Waals surface area (Å²) < 4.78 is 11.1. The lowest BCUT2D eigenvalue weighted by Crippen LogP contribution is -2.10. The molecule has 0 aliphatic carbocycles. The molecule has 0 bridgehead atoms. The van der Waals surface area contributed by atoms with E-state index in [0.717, 1.165) is 23.1 Å². The Morgan fingerprint density at radius 3 is 2.24 bits per heavy atom. The Hall–Kier alpha value is -3.89. The van der Waals surface area contributed by atoms with Crippen molar-refractivity contribution in [3.8, 4) is 28.0 Å². The Bertz CT molecular complexity index is 1520. The molecular weight excluding hydrogens is 508 g/mol. The molecule has 0 amide bonds. The van der Waals surface area contributed by atoms with Crippen LogP contribution < -0.4 is 4.74 Å². The fraction of sp³-hybridized carbons (Fsp3) is 0.324. The molecule has 0 aliphatic heterocycles. The Labute approximate surface area is 244 Å². The van der Waals surface area contributed by atoms with Gasteiger partial charge >= 0.3 is 5.97 Å². The first kappa shape index (κ1) is 30.1. The molecule has 4 aromatic carbocycles. The van der Waals surface area contributed by atoms with Crippen LogP contribution in [0, 0.1) is 0 Å². The van der Waals surface area contributed by atoms with Crippen LogP contribution in [-0.4, -0.2) is 30.9 Å². The molecule has 0 saturated carbocycles. The monoisotopic (exact) mass is 550 g/mol. The van der Waals surface area contributed by atoms with Crippen molar-refractivity contribution in [3.05, 3.63) is 102 Å². The SMILES string of the molecule is C=C(C)C(=O)OCCc1cc(-c2ccc(-c3ccc4cc(C(C)CCC)ccc4c3)c(CC)c2)ccc1OCCO. The summed E-state index contributed by atoms with van der Waals surface area (Å²) in [6.45, 7) is 12.4. The van der Waals surface area contributed by atoms with E-state index in [-0.39, 0.29) is 19.8 Å². The fourth-order valence-corrected chi connectivity index (χ4v) is 5.31. The second kappa shape index (κ2) is 14.1. The summed E-state index contributed by atoms with van der Waals surface area (Å²) in [5.74, 6) is 0.859. The molecule has 1 N–H and O–H groups in total. The van der Waals surface area contributed by atoms with Crippen LogP contribution in [0.4, 0.5) is 0 Å². The van der Waals surface area contributed by atoms with E-state index in [2.05, 4.69) is 88.0 Å². The highest BCUT2D eigenvalue weighted by molar-refractivity contribution is 5.89. The zero-order valence-electron chi connectivity index (χ0n) is 24.8. The number of aliphatic hydroxyl groups is 1. The number of rotatable bonds is 13. The molecule has 41 heavy (non-hydrogen) atoms. The largest absolute Gasteiger partial charge is 0.491 e. The molecule has 4 heteroatoms. The van der Waals surface area contributed by atoms with Crippen molar-refractivity contribution in [2.45, 2.75) is 59.3 Å². The van der Waals surface area contributed by atoms with Crippen LogP contribution in [0.3, 0.4) is 0 Å². The van der Waals surface area contributed by atoms with Crippen LogP contribution in [-0.2, 0) is 22.4 Å².